The van der Waals surface area contributed by atoms with E-state index in [0.717, 1.165) is 17.0 Å². The molecular weight excluding hydrogens is 274 g/mol. The zero-order chi connectivity index (χ0) is 15.5. The van der Waals surface area contributed by atoms with Crippen LogP contribution in [0, 0.1) is 13.8 Å². The molecule has 4 heteroatoms. The van der Waals surface area contributed by atoms with Crippen molar-refractivity contribution in [3.05, 3.63) is 70.3 Å². The molecule has 1 aromatic heterocycles. The van der Waals surface area contributed by atoms with Gasteiger partial charge in [0.2, 0.25) is 0 Å². The van der Waals surface area contributed by atoms with Crippen LogP contribution in [0.4, 0.5) is 5.69 Å². The maximum absolute atomic E-state index is 12.5. The van der Waals surface area contributed by atoms with E-state index in [4.69, 9.17) is 0 Å². The van der Waals surface area contributed by atoms with Gasteiger partial charge in [-0.25, -0.2) is 4.98 Å². The molecule has 0 atom stereocenters. The number of anilines is 1. The highest BCUT2D eigenvalue weighted by atomic mass is 16.1. The number of para-hydroxylation sites is 1. The lowest BCUT2D eigenvalue weighted by Gasteiger charge is -2.12. The van der Waals surface area contributed by atoms with Crippen LogP contribution < -0.4 is 10.9 Å². The van der Waals surface area contributed by atoms with Crippen molar-refractivity contribution in [1.29, 1.82) is 0 Å². The minimum atomic E-state index is 0.0220. The Balaban J connectivity index is 1.79. The third-order valence-electron chi connectivity index (χ3n) is 3.77. The van der Waals surface area contributed by atoms with Gasteiger partial charge in [0.25, 0.3) is 5.56 Å². The number of aryl methyl sites for hydroxylation is 2. The van der Waals surface area contributed by atoms with Crippen molar-refractivity contribution < 1.29 is 0 Å². The molecule has 1 heterocycles. The Kier molecular flexibility index (Phi) is 3.92. The molecule has 0 amide bonds. The summed E-state index contributed by atoms with van der Waals surface area (Å²) >= 11 is 0. The van der Waals surface area contributed by atoms with Gasteiger partial charge in [0.1, 0.15) is 5.82 Å². The Morgan fingerprint density at radius 1 is 1.05 bits per heavy atom. The predicted molar refractivity (Wildman–Crippen MR) is 90.4 cm³/mol. The molecule has 0 aliphatic heterocycles. The topological polar surface area (TPSA) is 46.9 Å². The van der Waals surface area contributed by atoms with Crippen LogP contribution >= 0.6 is 0 Å². The molecular formula is C18H19N3O. The molecule has 0 bridgehead atoms. The average Bonchev–Trinajstić information content (AvgIpc) is 2.52. The second-order valence-electron chi connectivity index (χ2n) is 5.43. The fourth-order valence-electron chi connectivity index (χ4n) is 2.53. The van der Waals surface area contributed by atoms with Gasteiger partial charge in [0.15, 0.2) is 0 Å². The Bertz CT molecular complexity index is 850. The first-order valence-electron chi connectivity index (χ1n) is 7.42. The zero-order valence-electron chi connectivity index (χ0n) is 12.8. The number of nitrogens with one attached hydrogen (secondary N) is 1. The molecule has 3 aromatic rings. The summed E-state index contributed by atoms with van der Waals surface area (Å²) < 4.78 is 1.73. The monoisotopic (exact) mass is 293 g/mol. The highest BCUT2D eigenvalue weighted by Crippen LogP contribution is 2.09. The number of fused-ring (bicyclic) bond motifs is 1. The van der Waals surface area contributed by atoms with Crippen molar-refractivity contribution in [3.63, 3.8) is 0 Å². The number of hydrogen-bond donors (Lipinski definition) is 1. The van der Waals surface area contributed by atoms with Crippen LogP contribution in [-0.4, -0.2) is 16.1 Å². The van der Waals surface area contributed by atoms with Crippen molar-refractivity contribution >= 4 is 16.6 Å². The maximum atomic E-state index is 12.5. The highest BCUT2D eigenvalue weighted by molar-refractivity contribution is 5.77. The van der Waals surface area contributed by atoms with E-state index in [0.29, 0.717) is 18.5 Å². The van der Waals surface area contributed by atoms with E-state index in [-0.39, 0.29) is 5.56 Å². The molecule has 112 valence electrons. The van der Waals surface area contributed by atoms with Gasteiger partial charge in [-0.3, -0.25) is 9.36 Å². The van der Waals surface area contributed by atoms with Gasteiger partial charge in [0, 0.05) is 18.8 Å². The smallest absolute Gasteiger partial charge is 0.261 e. The second kappa shape index (κ2) is 6.02. The van der Waals surface area contributed by atoms with Gasteiger partial charge in [-0.2, -0.15) is 0 Å². The lowest BCUT2D eigenvalue weighted by molar-refractivity contribution is 0.662. The molecule has 0 radical (unpaired) electrons. The lowest BCUT2D eigenvalue weighted by atomic mass is 10.2. The van der Waals surface area contributed by atoms with E-state index in [1.165, 1.54) is 5.56 Å². The van der Waals surface area contributed by atoms with E-state index < -0.39 is 0 Å². The fourth-order valence-corrected chi connectivity index (χ4v) is 2.53. The van der Waals surface area contributed by atoms with E-state index in [9.17, 15) is 4.79 Å². The summed E-state index contributed by atoms with van der Waals surface area (Å²) in [5.74, 6) is 0.745. The molecule has 2 aromatic carbocycles. The average molecular weight is 293 g/mol. The van der Waals surface area contributed by atoms with E-state index in [2.05, 4.69) is 29.4 Å². The van der Waals surface area contributed by atoms with E-state index in [1.54, 1.807) is 4.57 Å². The maximum Gasteiger partial charge on any atom is 0.261 e. The first kappa shape index (κ1) is 14.3. The van der Waals surface area contributed by atoms with Crippen molar-refractivity contribution in [1.82, 2.24) is 9.55 Å². The number of aromatic nitrogens is 2. The minimum absolute atomic E-state index is 0.0220. The largest absolute Gasteiger partial charge is 0.383 e. The minimum Gasteiger partial charge on any atom is -0.383 e. The molecule has 0 aliphatic rings. The van der Waals surface area contributed by atoms with Gasteiger partial charge in [-0.05, 0) is 38.1 Å². The fraction of sp³-hybridized carbons (Fsp3) is 0.222. The molecule has 0 fully saturated rings. The van der Waals surface area contributed by atoms with Gasteiger partial charge in [-0.1, -0.05) is 29.8 Å². The summed E-state index contributed by atoms with van der Waals surface area (Å²) in [6.45, 7) is 5.22. The Labute approximate surface area is 129 Å². The molecule has 0 saturated heterocycles. The molecule has 0 aliphatic carbocycles. The summed E-state index contributed by atoms with van der Waals surface area (Å²) in [4.78, 5) is 17.0. The van der Waals surface area contributed by atoms with Crippen molar-refractivity contribution in [2.24, 2.45) is 0 Å². The van der Waals surface area contributed by atoms with E-state index in [1.807, 2.05) is 43.3 Å². The number of rotatable bonds is 4. The van der Waals surface area contributed by atoms with Gasteiger partial charge in [0.05, 0.1) is 10.9 Å². The van der Waals surface area contributed by atoms with Crippen LogP contribution in [0.25, 0.3) is 10.9 Å². The molecule has 1 N–H and O–H groups in total. The lowest BCUT2D eigenvalue weighted by Crippen LogP contribution is -2.27. The normalized spacial score (nSPS) is 10.8. The van der Waals surface area contributed by atoms with Crippen LogP contribution in [0.5, 0.6) is 0 Å². The van der Waals surface area contributed by atoms with Crippen LogP contribution in [0.2, 0.25) is 0 Å². The van der Waals surface area contributed by atoms with Gasteiger partial charge < -0.3 is 5.32 Å². The highest BCUT2D eigenvalue weighted by Gasteiger charge is 2.07. The van der Waals surface area contributed by atoms with Crippen LogP contribution in [0.1, 0.15) is 11.4 Å². The molecule has 4 nitrogen and oxygen atoms in total. The van der Waals surface area contributed by atoms with Crippen molar-refractivity contribution in [3.8, 4) is 0 Å². The van der Waals surface area contributed by atoms with Crippen LogP contribution in [0.3, 0.4) is 0 Å². The van der Waals surface area contributed by atoms with Crippen LogP contribution in [0.15, 0.2) is 53.3 Å². The van der Waals surface area contributed by atoms with Gasteiger partial charge >= 0.3 is 0 Å². The summed E-state index contributed by atoms with van der Waals surface area (Å²) in [7, 11) is 0. The first-order chi connectivity index (χ1) is 10.6. The molecule has 22 heavy (non-hydrogen) atoms. The number of nitrogens with zero attached hydrogens (tertiary/aromatic N) is 2. The van der Waals surface area contributed by atoms with E-state index >= 15 is 0 Å². The molecule has 0 unspecified atom stereocenters. The summed E-state index contributed by atoms with van der Waals surface area (Å²) in [5.41, 5.74) is 3.07. The third kappa shape index (κ3) is 2.86. The number of hydrogen-bond acceptors (Lipinski definition) is 3. The Morgan fingerprint density at radius 2 is 1.77 bits per heavy atom. The summed E-state index contributed by atoms with van der Waals surface area (Å²) in [6, 6.07) is 15.7. The molecule has 3 rings (SSSR count). The van der Waals surface area contributed by atoms with Crippen molar-refractivity contribution in [2.45, 2.75) is 20.4 Å². The van der Waals surface area contributed by atoms with Crippen LogP contribution in [-0.2, 0) is 6.54 Å². The van der Waals surface area contributed by atoms with Gasteiger partial charge in [-0.15, -0.1) is 0 Å². The molecule has 0 spiro atoms. The SMILES string of the molecule is Cc1ccc(NCCn2c(C)nc3ccccc3c2=O)cc1. The first-order valence-corrected chi connectivity index (χ1v) is 7.42. The summed E-state index contributed by atoms with van der Waals surface area (Å²) in [5, 5.41) is 4.01. The molecule has 0 saturated carbocycles. The summed E-state index contributed by atoms with van der Waals surface area (Å²) in [6.07, 6.45) is 0. The zero-order valence-corrected chi connectivity index (χ0v) is 12.8. The Hall–Kier alpha value is -2.62. The predicted octanol–water partition coefficient (Wildman–Crippen LogP) is 3.13. The second-order valence-corrected chi connectivity index (χ2v) is 5.43. The quantitative estimate of drug-likeness (QED) is 0.804. The Morgan fingerprint density at radius 3 is 2.55 bits per heavy atom. The third-order valence-corrected chi connectivity index (χ3v) is 3.77. The number of benzene rings is 2. The van der Waals surface area contributed by atoms with Crippen molar-refractivity contribution in [2.75, 3.05) is 11.9 Å². The standard InChI is InChI=1S/C18H19N3O/c1-13-7-9-15(10-8-13)19-11-12-21-14(2)20-17-6-4-3-5-16(17)18(21)22/h3-10,19H,11-12H2,1-2H3.